The monoisotopic (exact) mass is 232 g/mol. The summed E-state index contributed by atoms with van der Waals surface area (Å²) in [5.74, 6) is 1.84. The van der Waals surface area contributed by atoms with Crippen LogP contribution in [-0.4, -0.2) is 36.1 Å². The maximum Gasteiger partial charge on any atom is 0.135 e. The van der Waals surface area contributed by atoms with Crippen LogP contribution >= 0.6 is 0 Å². The molecule has 3 rings (SSSR count). The molecule has 0 atom stereocenters. The number of nitrogens with zero attached hydrogens (tertiary/aromatic N) is 3. The van der Waals surface area contributed by atoms with E-state index in [0.717, 1.165) is 26.2 Å². The predicted molar refractivity (Wildman–Crippen MR) is 68.3 cm³/mol. The van der Waals surface area contributed by atoms with Crippen molar-refractivity contribution >= 4 is 5.82 Å². The standard InChI is InChI=1S/C13H20N4/c1-2-8-17(7-1)13-12(9-15-10-16-13)11-3-5-14-6-4-11/h9-11,14H,1-8H2. The molecule has 2 aliphatic heterocycles. The second-order valence-corrected chi connectivity index (χ2v) is 5.02. The zero-order valence-corrected chi connectivity index (χ0v) is 10.2. The highest BCUT2D eigenvalue weighted by atomic mass is 15.2. The second kappa shape index (κ2) is 5.00. The molecule has 2 aliphatic rings. The van der Waals surface area contributed by atoms with Gasteiger partial charge in [-0.1, -0.05) is 0 Å². The smallest absolute Gasteiger partial charge is 0.135 e. The van der Waals surface area contributed by atoms with Gasteiger partial charge in [-0.2, -0.15) is 0 Å². The fourth-order valence-corrected chi connectivity index (χ4v) is 2.95. The Morgan fingerprint density at radius 1 is 1.18 bits per heavy atom. The van der Waals surface area contributed by atoms with Gasteiger partial charge in [0.1, 0.15) is 12.1 Å². The molecule has 2 saturated heterocycles. The molecule has 4 nitrogen and oxygen atoms in total. The van der Waals surface area contributed by atoms with Gasteiger partial charge < -0.3 is 10.2 Å². The van der Waals surface area contributed by atoms with Crippen LogP contribution in [0.1, 0.15) is 37.2 Å². The molecule has 0 bridgehead atoms. The molecule has 0 spiro atoms. The third kappa shape index (κ3) is 2.27. The van der Waals surface area contributed by atoms with Gasteiger partial charge in [0.05, 0.1) is 0 Å². The topological polar surface area (TPSA) is 41.1 Å². The Morgan fingerprint density at radius 3 is 2.71 bits per heavy atom. The number of hydrogen-bond donors (Lipinski definition) is 1. The van der Waals surface area contributed by atoms with Crippen LogP contribution in [0, 0.1) is 0 Å². The quantitative estimate of drug-likeness (QED) is 0.840. The third-order valence-corrected chi connectivity index (χ3v) is 3.90. The molecule has 0 saturated carbocycles. The van der Waals surface area contributed by atoms with E-state index < -0.39 is 0 Å². The van der Waals surface area contributed by atoms with Crippen molar-refractivity contribution in [3.05, 3.63) is 18.1 Å². The van der Waals surface area contributed by atoms with Gasteiger partial charge in [0.15, 0.2) is 0 Å². The highest BCUT2D eigenvalue weighted by molar-refractivity contribution is 5.48. The van der Waals surface area contributed by atoms with Crippen LogP contribution in [0.5, 0.6) is 0 Å². The van der Waals surface area contributed by atoms with E-state index in [0.29, 0.717) is 5.92 Å². The Kier molecular flexibility index (Phi) is 3.22. The number of piperidine rings is 1. The minimum absolute atomic E-state index is 0.646. The summed E-state index contributed by atoms with van der Waals surface area (Å²) in [5.41, 5.74) is 1.37. The highest BCUT2D eigenvalue weighted by Crippen LogP contribution is 2.32. The number of anilines is 1. The summed E-state index contributed by atoms with van der Waals surface area (Å²) < 4.78 is 0. The molecule has 1 aromatic heterocycles. The predicted octanol–water partition coefficient (Wildman–Crippen LogP) is 1.54. The van der Waals surface area contributed by atoms with E-state index in [2.05, 4.69) is 20.2 Å². The molecule has 0 radical (unpaired) electrons. The summed E-state index contributed by atoms with van der Waals surface area (Å²) in [6, 6.07) is 0. The zero-order valence-electron chi connectivity index (χ0n) is 10.2. The van der Waals surface area contributed by atoms with Crippen molar-refractivity contribution in [2.75, 3.05) is 31.1 Å². The van der Waals surface area contributed by atoms with Gasteiger partial charge in [-0.05, 0) is 44.7 Å². The summed E-state index contributed by atoms with van der Waals surface area (Å²) in [7, 11) is 0. The number of nitrogens with one attached hydrogen (secondary N) is 1. The fourth-order valence-electron chi connectivity index (χ4n) is 2.95. The first-order chi connectivity index (χ1) is 8.45. The molecule has 3 heterocycles. The maximum atomic E-state index is 4.53. The minimum atomic E-state index is 0.646. The molecule has 2 fully saturated rings. The third-order valence-electron chi connectivity index (χ3n) is 3.90. The molecule has 92 valence electrons. The summed E-state index contributed by atoms with van der Waals surface area (Å²) in [4.78, 5) is 11.2. The molecule has 1 N–H and O–H groups in total. The molecular weight excluding hydrogens is 212 g/mol. The first-order valence-electron chi connectivity index (χ1n) is 6.71. The van der Waals surface area contributed by atoms with Gasteiger partial charge in [0.25, 0.3) is 0 Å². The van der Waals surface area contributed by atoms with Gasteiger partial charge in [-0.3, -0.25) is 0 Å². The lowest BCUT2D eigenvalue weighted by molar-refractivity contribution is 0.458. The van der Waals surface area contributed by atoms with Crippen LogP contribution < -0.4 is 10.2 Å². The van der Waals surface area contributed by atoms with Gasteiger partial charge >= 0.3 is 0 Å². The Bertz CT molecular complexity index is 367. The van der Waals surface area contributed by atoms with Crippen LogP contribution in [0.25, 0.3) is 0 Å². The Morgan fingerprint density at radius 2 is 1.94 bits per heavy atom. The van der Waals surface area contributed by atoms with E-state index in [1.54, 1.807) is 6.33 Å². The van der Waals surface area contributed by atoms with Gasteiger partial charge in [0, 0.05) is 24.8 Å². The SMILES string of the molecule is c1ncc(C2CCNCC2)c(N2CCCC2)n1. The van der Waals surface area contributed by atoms with E-state index >= 15 is 0 Å². The lowest BCUT2D eigenvalue weighted by atomic mass is 9.91. The largest absolute Gasteiger partial charge is 0.356 e. The van der Waals surface area contributed by atoms with Gasteiger partial charge in [-0.15, -0.1) is 0 Å². The second-order valence-electron chi connectivity index (χ2n) is 5.02. The summed E-state index contributed by atoms with van der Waals surface area (Å²) in [6.45, 7) is 4.57. The average molecular weight is 232 g/mol. The summed E-state index contributed by atoms with van der Waals surface area (Å²) in [5, 5.41) is 3.42. The Labute approximate surface area is 102 Å². The lowest BCUT2D eigenvalue weighted by Crippen LogP contribution is -2.28. The Hall–Kier alpha value is -1.16. The van der Waals surface area contributed by atoms with Crippen LogP contribution in [0.2, 0.25) is 0 Å². The van der Waals surface area contributed by atoms with Crippen molar-refractivity contribution in [1.82, 2.24) is 15.3 Å². The lowest BCUT2D eigenvalue weighted by Gasteiger charge is -2.27. The van der Waals surface area contributed by atoms with Gasteiger partial charge in [-0.25, -0.2) is 9.97 Å². The highest BCUT2D eigenvalue weighted by Gasteiger charge is 2.23. The van der Waals surface area contributed by atoms with E-state index in [1.807, 2.05) is 6.20 Å². The molecule has 17 heavy (non-hydrogen) atoms. The molecular formula is C13H20N4. The van der Waals surface area contributed by atoms with Crippen molar-refractivity contribution in [1.29, 1.82) is 0 Å². The zero-order chi connectivity index (χ0) is 11.5. The summed E-state index contributed by atoms with van der Waals surface area (Å²) in [6.07, 6.45) is 8.77. The average Bonchev–Trinajstić information content (AvgIpc) is 2.94. The van der Waals surface area contributed by atoms with Crippen LogP contribution in [-0.2, 0) is 0 Å². The first-order valence-corrected chi connectivity index (χ1v) is 6.71. The van der Waals surface area contributed by atoms with E-state index in [4.69, 9.17) is 0 Å². The molecule has 0 aliphatic carbocycles. The first kappa shape index (κ1) is 11.0. The molecule has 0 unspecified atom stereocenters. The van der Waals surface area contributed by atoms with E-state index in [9.17, 15) is 0 Å². The van der Waals surface area contributed by atoms with Crippen molar-refractivity contribution < 1.29 is 0 Å². The van der Waals surface area contributed by atoms with Crippen molar-refractivity contribution in [3.8, 4) is 0 Å². The molecule has 1 aromatic rings. The van der Waals surface area contributed by atoms with E-state index in [-0.39, 0.29) is 0 Å². The fraction of sp³-hybridized carbons (Fsp3) is 0.692. The minimum Gasteiger partial charge on any atom is -0.356 e. The molecule has 0 aromatic carbocycles. The maximum absolute atomic E-state index is 4.53. The van der Waals surface area contributed by atoms with Crippen molar-refractivity contribution in [3.63, 3.8) is 0 Å². The van der Waals surface area contributed by atoms with E-state index in [1.165, 1.54) is 37.1 Å². The van der Waals surface area contributed by atoms with Gasteiger partial charge in [0.2, 0.25) is 0 Å². The summed E-state index contributed by atoms with van der Waals surface area (Å²) >= 11 is 0. The van der Waals surface area contributed by atoms with Crippen LogP contribution in [0.15, 0.2) is 12.5 Å². The Balaban J connectivity index is 1.86. The molecule has 0 amide bonds. The normalized spacial score (nSPS) is 22.0. The van der Waals surface area contributed by atoms with Crippen molar-refractivity contribution in [2.24, 2.45) is 0 Å². The number of rotatable bonds is 2. The van der Waals surface area contributed by atoms with Crippen molar-refractivity contribution in [2.45, 2.75) is 31.6 Å². The van der Waals surface area contributed by atoms with Crippen LogP contribution in [0.4, 0.5) is 5.82 Å². The molecule has 4 heteroatoms. The van der Waals surface area contributed by atoms with Crippen LogP contribution in [0.3, 0.4) is 0 Å². The number of aromatic nitrogens is 2. The number of hydrogen-bond acceptors (Lipinski definition) is 4.